The fraction of sp³-hybridized carbons (Fsp3) is 0.308. The van der Waals surface area contributed by atoms with E-state index in [1.54, 1.807) is 0 Å². The van der Waals surface area contributed by atoms with Gasteiger partial charge in [-0.2, -0.15) is 0 Å². The Hall–Kier alpha value is -1.48. The van der Waals surface area contributed by atoms with Gasteiger partial charge in [0, 0.05) is 21.6 Å². The zero-order valence-electron chi connectivity index (χ0n) is 9.38. The number of nitrogens with one attached hydrogen (secondary N) is 1. The molecule has 1 aromatic carbocycles. The second-order valence-corrected chi connectivity index (χ2v) is 5.14. The van der Waals surface area contributed by atoms with E-state index in [4.69, 9.17) is 11.6 Å². The summed E-state index contributed by atoms with van der Waals surface area (Å²) in [4.78, 5) is 14.6. The van der Waals surface area contributed by atoms with Gasteiger partial charge < -0.3 is 10.1 Å². The summed E-state index contributed by atoms with van der Waals surface area (Å²) < 4.78 is 0. The third-order valence-electron chi connectivity index (χ3n) is 3.59. The molecule has 1 fully saturated rings. The van der Waals surface area contributed by atoms with Crippen LogP contribution >= 0.6 is 11.6 Å². The molecule has 0 saturated heterocycles. The number of aliphatic carboxylic acids is 1. The van der Waals surface area contributed by atoms with Gasteiger partial charge in [-0.1, -0.05) is 11.6 Å². The third-order valence-corrected chi connectivity index (χ3v) is 3.82. The van der Waals surface area contributed by atoms with E-state index >= 15 is 0 Å². The Morgan fingerprint density at radius 3 is 2.76 bits per heavy atom. The highest BCUT2D eigenvalue weighted by atomic mass is 35.5. The van der Waals surface area contributed by atoms with Crippen LogP contribution in [0.4, 0.5) is 0 Å². The molecule has 0 spiro atoms. The highest BCUT2D eigenvalue weighted by Crippen LogP contribution is 2.52. The van der Waals surface area contributed by atoms with Crippen LogP contribution in [0.3, 0.4) is 0 Å². The van der Waals surface area contributed by atoms with Crippen molar-refractivity contribution < 1.29 is 9.90 Å². The first-order chi connectivity index (χ1) is 8.04. The Morgan fingerprint density at radius 2 is 2.18 bits per heavy atom. The van der Waals surface area contributed by atoms with Gasteiger partial charge in [0.15, 0.2) is 0 Å². The molecule has 0 bridgehead atoms. The highest BCUT2D eigenvalue weighted by Gasteiger charge is 2.53. The number of benzene rings is 1. The number of fused-ring (bicyclic) bond motifs is 1. The zero-order valence-corrected chi connectivity index (χ0v) is 10.1. The van der Waals surface area contributed by atoms with Crippen molar-refractivity contribution in [2.45, 2.75) is 25.2 Å². The van der Waals surface area contributed by atoms with E-state index in [1.165, 1.54) is 0 Å². The van der Waals surface area contributed by atoms with E-state index in [9.17, 15) is 9.90 Å². The van der Waals surface area contributed by atoms with E-state index in [2.05, 4.69) is 4.98 Å². The molecule has 88 valence electrons. The lowest BCUT2D eigenvalue weighted by Gasteiger charge is -2.10. The molecule has 4 heteroatoms. The lowest BCUT2D eigenvalue weighted by molar-refractivity contribution is -0.140. The van der Waals surface area contributed by atoms with Crippen molar-refractivity contribution >= 4 is 28.5 Å². The van der Waals surface area contributed by atoms with E-state index in [-0.39, 0.29) is 0 Å². The predicted molar refractivity (Wildman–Crippen MR) is 66.6 cm³/mol. The summed E-state index contributed by atoms with van der Waals surface area (Å²) in [6.45, 7) is 1.92. The van der Waals surface area contributed by atoms with Crippen LogP contribution in [0.1, 0.15) is 24.1 Å². The molecule has 2 aromatic rings. The molecule has 3 rings (SSSR count). The molecule has 2 N–H and O–H groups in total. The third kappa shape index (κ3) is 1.39. The highest BCUT2D eigenvalue weighted by molar-refractivity contribution is 6.31. The summed E-state index contributed by atoms with van der Waals surface area (Å²) in [6, 6.07) is 5.55. The van der Waals surface area contributed by atoms with Gasteiger partial charge >= 0.3 is 5.97 Å². The fourth-order valence-corrected chi connectivity index (χ4v) is 2.78. The van der Waals surface area contributed by atoms with Gasteiger partial charge in [-0.25, -0.2) is 0 Å². The largest absolute Gasteiger partial charge is 0.481 e. The van der Waals surface area contributed by atoms with E-state index in [1.807, 2.05) is 25.1 Å². The molecule has 0 aliphatic heterocycles. The number of aromatic amines is 1. The van der Waals surface area contributed by atoms with Gasteiger partial charge in [0.2, 0.25) is 0 Å². The van der Waals surface area contributed by atoms with Crippen molar-refractivity contribution in [3.8, 4) is 0 Å². The lowest BCUT2D eigenvalue weighted by Crippen LogP contribution is -2.20. The number of hydrogen-bond acceptors (Lipinski definition) is 1. The minimum absolute atomic E-state index is 0.638. The number of carboxylic acid groups (broad SMARTS) is 1. The summed E-state index contributed by atoms with van der Waals surface area (Å²) in [7, 11) is 0. The number of carbonyl (C=O) groups is 1. The Bertz CT molecular complexity index is 626. The molecular formula is C13H12ClNO2. The van der Waals surface area contributed by atoms with Gasteiger partial charge in [-0.15, -0.1) is 0 Å². The van der Waals surface area contributed by atoms with Crippen LogP contribution in [-0.4, -0.2) is 16.1 Å². The molecule has 1 aromatic heterocycles. The lowest BCUT2D eigenvalue weighted by atomic mass is 9.93. The molecule has 0 unspecified atom stereocenters. The van der Waals surface area contributed by atoms with Crippen LogP contribution in [-0.2, 0) is 10.2 Å². The van der Waals surface area contributed by atoms with Crippen LogP contribution in [0.25, 0.3) is 10.9 Å². The molecule has 1 aliphatic rings. The van der Waals surface area contributed by atoms with Gasteiger partial charge in [0.05, 0.1) is 5.41 Å². The summed E-state index contributed by atoms with van der Waals surface area (Å²) in [5.41, 5.74) is 2.10. The summed E-state index contributed by atoms with van der Waals surface area (Å²) in [5.74, 6) is -0.735. The van der Waals surface area contributed by atoms with Crippen molar-refractivity contribution in [1.29, 1.82) is 0 Å². The van der Waals surface area contributed by atoms with Gasteiger partial charge in [0.25, 0.3) is 0 Å². The summed E-state index contributed by atoms with van der Waals surface area (Å²) in [6.07, 6.45) is 1.42. The normalized spacial score (nSPS) is 17.3. The SMILES string of the molecule is Cc1[nH]c2ccc(Cl)cc2c1C1(C(=O)O)CC1. The van der Waals surface area contributed by atoms with Crippen molar-refractivity contribution in [2.75, 3.05) is 0 Å². The average Bonchev–Trinajstić information content (AvgIpc) is 2.98. The van der Waals surface area contributed by atoms with Crippen LogP contribution in [0, 0.1) is 6.92 Å². The molecule has 1 aliphatic carbocycles. The minimum atomic E-state index is -0.735. The Kier molecular flexibility index (Phi) is 2.05. The number of carboxylic acids is 1. The predicted octanol–water partition coefficient (Wildman–Crippen LogP) is 3.25. The number of H-pyrrole nitrogens is 1. The van der Waals surface area contributed by atoms with Gasteiger partial charge in [-0.3, -0.25) is 4.79 Å². The maximum Gasteiger partial charge on any atom is 0.314 e. The number of rotatable bonds is 2. The maximum absolute atomic E-state index is 11.4. The monoisotopic (exact) mass is 249 g/mol. The Morgan fingerprint density at radius 1 is 1.47 bits per heavy atom. The summed E-state index contributed by atoms with van der Waals surface area (Å²) in [5, 5.41) is 11.0. The first-order valence-corrected chi connectivity index (χ1v) is 5.94. The van der Waals surface area contributed by atoms with Crippen LogP contribution in [0.2, 0.25) is 5.02 Å². The van der Waals surface area contributed by atoms with Crippen LogP contribution in [0.15, 0.2) is 18.2 Å². The number of aromatic nitrogens is 1. The number of halogens is 1. The number of hydrogen-bond donors (Lipinski definition) is 2. The molecular weight excluding hydrogens is 238 g/mol. The molecule has 0 radical (unpaired) electrons. The second-order valence-electron chi connectivity index (χ2n) is 4.70. The molecule has 1 heterocycles. The Labute approximate surface area is 103 Å². The Balaban J connectivity index is 2.32. The minimum Gasteiger partial charge on any atom is -0.481 e. The molecule has 3 nitrogen and oxygen atoms in total. The van der Waals surface area contributed by atoms with Crippen LogP contribution < -0.4 is 0 Å². The zero-order chi connectivity index (χ0) is 12.2. The van der Waals surface area contributed by atoms with Gasteiger partial charge in [-0.05, 0) is 43.5 Å². The first-order valence-electron chi connectivity index (χ1n) is 5.56. The topological polar surface area (TPSA) is 53.1 Å². The molecule has 0 amide bonds. The van der Waals surface area contributed by atoms with Crippen molar-refractivity contribution in [3.63, 3.8) is 0 Å². The average molecular weight is 250 g/mol. The van der Waals surface area contributed by atoms with E-state index in [0.29, 0.717) is 17.9 Å². The first kappa shape index (κ1) is 10.7. The second kappa shape index (κ2) is 3.26. The van der Waals surface area contributed by atoms with Crippen molar-refractivity contribution in [2.24, 2.45) is 0 Å². The fourth-order valence-electron chi connectivity index (χ4n) is 2.61. The van der Waals surface area contributed by atoms with Gasteiger partial charge in [0.1, 0.15) is 0 Å². The van der Waals surface area contributed by atoms with Crippen molar-refractivity contribution in [3.05, 3.63) is 34.5 Å². The number of aryl methyl sites for hydroxylation is 1. The van der Waals surface area contributed by atoms with E-state index < -0.39 is 11.4 Å². The van der Waals surface area contributed by atoms with Crippen LogP contribution in [0.5, 0.6) is 0 Å². The molecule has 17 heavy (non-hydrogen) atoms. The quantitative estimate of drug-likeness (QED) is 0.858. The molecule has 0 atom stereocenters. The maximum atomic E-state index is 11.4. The summed E-state index contributed by atoms with van der Waals surface area (Å²) >= 11 is 5.99. The smallest absolute Gasteiger partial charge is 0.314 e. The van der Waals surface area contributed by atoms with E-state index in [0.717, 1.165) is 22.2 Å². The standard InChI is InChI=1S/C13H12ClNO2/c1-7-11(13(4-5-13)12(16)17)9-6-8(14)2-3-10(9)15-7/h2-3,6,15H,4-5H2,1H3,(H,16,17). The molecule has 1 saturated carbocycles. The van der Waals surface area contributed by atoms with Crippen molar-refractivity contribution in [1.82, 2.24) is 4.98 Å².